The first-order valence-electron chi connectivity index (χ1n) is 6.24. The van der Waals surface area contributed by atoms with E-state index in [1.165, 1.54) is 11.1 Å². The van der Waals surface area contributed by atoms with Gasteiger partial charge in [-0.1, -0.05) is 29.8 Å². The van der Waals surface area contributed by atoms with Gasteiger partial charge in [-0.05, 0) is 31.2 Å². The van der Waals surface area contributed by atoms with Crippen LogP contribution < -0.4 is 10.5 Å². The smallest absolute Gasteiger partial charge is 0.210 e. The summed E-state index contributed by atoms with van der Waals surface area (Å²) in [5, 5.41) is 8.17. The van der Waals surface area contributed by atoms with Crippen LogP contribution in [-0.4, -0.2) is 26.8 Å². The van der Waals surface area contributed by atoms with Crippen molar-refractivity contribution in [1.29, 1.82) is 0 Å². The van der Waals surface area contributed by atoms with E-state index in [0.717, 1.165) is 12.8 Å². The summed E-state index contributed by atoms with van der Waals surface area (Å²) >= 11 is 0. The fraction of sp³-hybridized carbons (Fsp3) is 0.538. The fourth-order valence-corrected chi connectivity index (χ4v) is 2.70. The van der Waals surface area contributed by atoms with Crippen LogP contribution in [0.2, 0.25) is 0 Å². The summed E-state index contributed by atoms with van der Waals surface area (Å²) < 4.78 is 21.5. The Labute approximate surface area is 109 Å². The van der Waals surface area contributed by atoms with Gasteiger partial charge in [0.1, 0.15) is 0 Å². The molecule has 0 amide bonds. The summed E-state index contributed by atoms with van der Waals surface area (Å²) in [7, 11) is -3.34. The molecule has 2 rings (SSSR count). The van der Waals surface area contributed by atoms with Crippen molar-refractivity contribution in [2.75, 3.05) is 12.3 Å². The lowest BCUT2D eigenvalue weighted by Gasteiger charge is -2.36. The van der Waals surface area contributed by atoms with Crippen LogP contribution in [0.25, 0.3) is 0 Å². The summed E-state index contributed by atoms with van der Waals surface area (Å²) in [6.45, 7) is 2.53. The summed E-state index contributed by atoms with van der Waals surface area (Å²) in [6.07, 6.45) is 2.15. The Balaban J connectivity index is 1.72. The van der Waals surface area contributed by atoms with Crippen LogP contribution in [0.15, 0.2) is 24.3 Å². The van der Waals surface area contributed by atoms with E-state index in [1.807, 2.05) is 0 Å². The van der Waals surface area contributed by atoms with Crippen LogP contribution in [0, 0.1) is 6.92 Å². The molecule has 1 aliphatic carbocycles. The van der Waals surface area contributed by atoms with E-state index in [0.29, 0.717) is 18.5 Å². The Hall–Kier alpha value is -0.910. The van der Waals surface area contributed by atoms with Crippen LogP contribution in [0.5, 0.6) is 0 Å². The normalized spacial score (nSPS) is 23.7. The number of rotatable bonds is 5. The van der Waals surface area contributed by atoms with E-state index >= 15 is 0 Å². The predicted molar refractivity (Wildman–Crippen MR) is 72.9 cm³/mol. The van der Waals surface area contributed by atoms with Crippen LogP contribution in [0.4, 0.5) is 0 Å². The van der Waals surface area contributed by atoms with Crippen molar-refractivity contribution in [3.63, 3.8) is 0 Å². The highest BCUT2D eigenvalue weighted by Crippen LogP contribution is 2.36. The summed E-state index contributed by atoms with van der Waals surface area (Å²) in [5.74, 6) is 0.621. The zero-order valence-corrected chi connectivity index (χ0v) is 11.4. The summed E-state index contributed by atoms with van der Waals surface area (Å²) in [6, 6.07) is 9.06. The van der Waals surface area contributed by atoms with Gasteiger partial charge in [0.25, 0.3) is 0 Å². The minimum Gasteiger partial charge on any atom is -0.313 e. The molecule has 0 saturated heterocycles. The maximum absolute atomic E-state index is 10.8. The molecule has 0 aliphatic heterocycles. The molecule has 0 bridgehead atoms. The molecular weight excluding hydrogens is 248 g/mol. The second kappa shape index (κ2) is 5.38. The second-order valence-electron chi connectivity index (χ2n) is 5.10. The zero-order chi connectivity index (χ0) is 13.2. The lowest BCUT2D eigenvalue weighted by atomic mass is 9.76. The Kier molecular flexibility index (Phi) is 4.04. The van der Waals surface area contributed by atoms with E-state index in [2.05, 4.69) is 36.5 Å². The molecular formula is C13H20N2O2S. The third-order valence-corrected chi connectivity index (χ3v) is 4.28. The highest BCUT2D eigenvalue weighted by Gasteiger charge is 2.29. The molecule has 0 aromatic heterocycles. The third-order valence-electron chi connectivity index (χ3n) is 3.51. The SMILES string of the molecule is Cc1ccc(C2CC(NCCS(N)(=O)=O)C2)cc1. The Morgan fingerprint density at radius 2 is 1.89 bits per heavy atom. The van der Waals surface area contributed by atoms with Gasteiger partial charge in [-0.2, -0.15) is 0 Å². The highest BCUT2D eigenvalue weighted by molar-refractivity contribution is 7.89. The van der Waals surface area contributed by atoms with Gasteiger partial charge in [0.2, 0.25) is 10.0 Å². The largest absolute Gasteiger partial charge is 0.313 e. The van der Waals surface area contributed by atoms with Gasteiger partial charge in [0.15, 0.2) is 0 Å². The number of hydrogen-bond donors (Lipinski definition) is 2. The van der Waals surface area contributed by atoms with Gasteiger partial charge in [-0.15, -0.1) is 0 Å². The summed E-state index contributed by atoms with van der Waals surface area (Å²) in [4.78, 5) is 0. The van der Waals surface area contributed by atoms with Crippen molar-refractivity contribution < 1.29 is 8.42 Å². The molecule has 0 unspecified atom stereocenters. The number of aryl methyl sites for hydroxylation is 1. The van der Waals surface area contributed by atoms with Crippen LogP contribution in [0.1, 0.15) is 29.9 Å². The molecule has 0 spiro atoms. The van der Waals surface area contributed by atoms with Crippen LogP contribution in [-0.2, 0) is 10.0 Å². The Bertz CT molecular complexity index is 490. The Morgan fingerprint density at radius 1 is 1.28 bits per heavy atom. The lowest BCUT2D eigenvalue weighted by Crippen LogP contribution is -2.42. The Morgan fingerprint density at radius 3 is 2.44 bits per heavy atom. The fourth-order valence-electron chi connectivity index (χ4n) is 2.30. The molecule has 1 aromatic rings. The van der Waals surface area contributed by atoms with E-state index in [9.17, 15) is 8.42 Å². The first-order valence-corrected chi connectivity index (χ1v) is 7.96. The van der Waals surface area contributed by atoms with E-state index < -0.39 is 10.0 Å². The lowest BCUT2D eigenvalue weighted by molar-refractivity contribution is 0.296. The maximum atomic E-state index is 10.8. The van der Waals surface area contributed by atoms with Gasteiger partial charge in [0, 0.05) is 12.6 Å². The van der Waals surface area contributed by atoms with Crippen LogP contribution in [0.3, 0.4) is 0 Å². The summed E-state index contributed by atoms with van der Waals surface area (Å²) in [5.41, 5.74) is 2.66. The van der Waals surface area contributed by atoms with E-state index in [-0.39, 0.29) is 5.75 Å². The van der Waals surface area contributed by atoms with Crippen molar-refractivity contribution in [3.05, 3.63) is 35.4 Å². The van der Waals surface area contributed by atoms with Gasteiger partial charge in [-0.3, -0.25) is 0 Å². The van der Waals surface area contributed by atoms with Crippen molar-refractivity contribution in [1.82, 2.24) is 5.32 Å². The number of nitrogens with one attached hydrogen (secondary N) is 1. The number of benzene rings is 1. The molecule has 1 fully saturated rings. The molecule has 4 nitrogen and oxygen atoms in total. The average Bonchev–Trinajstić information content (AvgIpc) is 2.22. The molecule has 0 heterocycles. The van der Waals surface area contributed by atoms with Crippen molar-refractivity contribution in [3.8, 4) is 0 Å². The minimum atomic E-state index is -3.34. The third kappa shape index (κ3) is 3.80. The molecule has 18 heavy (non-hydrogen) atoms. The quantitative estimate of drug-likeness (QED) is 0.840. The van der Waals surface area contributed by atoms with Gasteiger partial charge in [-0.25, -0.2) is 13.6 Å². The minimum absolute atomic E-state index is 0.0126. The molecule has 3 N–H and O–H groups in total. The number of hydrogen-bond acceptors (Lipinski definition) is 3. The highest BCUT2D eigenvalue weighted by atomic mass is 32.2. The molecule has 100 valence electrons. The first-order chi connectivity index (χ1) is 8.44. The molecule has 5 heteroatoms. The standard InChI is InChI=1S/C13H20N2O2S/c1-10-2-4-11(5-3-10)12-8-13(9-12)15-6-7-18(14,16)17/h2-5,12-13,15H,6-9H2,1H3,(H2,14,16,17). The zero-order valence-electron chi connectivity index (χ0n) is 10.6. The second-order valence-corrected chi connectivity index (χ2v) is 6.83. The van der Waals surface area contributed by atoms with Crippen molar-refractivity contribution in [2.24, 2.45) is 5.14 Å². The predicted octanol–water partition coefficient (Wildman–Crippen LogP) is 1.12. The maximum Gasteiger partial charge on any atom is 0.210 e. The molecule has 1 saturated carbocycles. The van der Waals surface area contributed by atoms with Gasteiger partial charge < -0.3 is 5.32 Å². The van der Waals surface area contributed by atoms with Crippen molar-refractivity contribution in [2.45, 2.75) is 31.7 Å². The van der Waals surface area contributed by atoms with Crippen LogP contribution >= 0.6 is 0 Å². The molecule has 0 atom stereocenters. The topological polar surface area (TPSA) is 72.2 Å². The van der Waals surface area contributed by atoms with Crippen molar-refractivity contribution >= 4 is 10.0 Å². The first kappa shape index (κ1) is 13.5. The van der Waals surface area contributed by atoms with Gasteiger partial charge >= 0.3 is 0 Å². The van der Waals surface area contributed by atoms with Gasteiger partial charge in [0.05, 0.1) is 5.75 Å². The number of sulfonamides is 1. The molecule has 1 aromatic carbocycles. The average molecular weight is 268 g/mol. The number of nitrogens with two attached hydrogens (primary N) is 1. The number of primary sulfonamides is 1. The van der Waals surface area contributed by atoms with E-state index in [1.54, 1.807) is 0 Å². The monoisotopic (exact) mass is 268 g/mol. The molecule has 1 aliphatic rings. The van der Waals surface area contributed by atoms with E-state index in [4.69, 9.17) is 5.14 Å². The molecule has 0 radical (unpaired) electrons.